The molecule has 2 rings (SSSR count). The van der Waals surface area contributed by atoms with E-state index >= 15 is 0 Å². The molecule has 2 aromatic heterocycles. The van der Waals surface area contributed by atoms with Crippen molar-refractivity contribution in [2.75, 3.05) is 7.11 Å². The van der Waals surface area contributed by atoms with Gasteiger partial charge in [0.25, 0.3) is 0 Å². The van der Waals surface area contributed by atoms with Crippen LogP contribution in [0.4, 0.5) is 0 Å². The van der Waals surface area contributed by atoms with Crippen LogP contribution in [0.15, 0.2) is 18.3 Å². The van der Waals surface area contributed by atoms with Gasteiger partial charge in [0.15, 0.2) is 5.15 Å². The first-order chi connectivity index (χ1) is 8.11. The van der Waals surface area contributed by atoms with Gasteiger partial charge in [-0.1, -0.05) is 11.6 Å². The Balaban J connectivity index is 2.48. The van der Waals surface area contributed by atoms with Crippen molar-refractivity contribution in [2.24, 2.45) is 0 Å². The zero-order valence-corrected chi connectivity index (χ0v) is 10.6. The van der Waals surface area contributed by atoms with E-state index in [0.717, 1.165) is 17.0 Å². The van der Waals surface area contributed by atoms with E-state index in [1.165, 1.54) is 0 Å². The molecule has 0 saturated carbocycles. The van der Waals surface area contributed by atoms with E-state index in [0.29, 0.717) is 16.7 Å². The Morgan fingerprint density at radius 1 is 1.12 bits per heavy atom. The number of pyridine rings is 1. The van der Waals surface area contributed by atoms with E-state index in [-0.39, 0.29) is 0 Å². The highest BCUT2D eigenvalue weighted by molar-refractivity contribution is 6.31. The second-order valence-corrected chi connectivity index (χ2v) is 3.98. The lowest BCUT2D eigenvalue weighted by Gasteiger charge is -2.06. The summed E-state index contributed by atoms with van der Waals surface area (Å²) in [5.74, 6) is 0.557. The molecule has 5 heteroatoms. The van der Waals surface area contributed by atoms with Crippen molar-refractivity contribution in [3.63, 3.8) is 0 Å². The standard InChI is InChI=1S/C12H12ClN3O/c1-7-8(2)16-12(13)11(15-7)9-4-5-10(17-3)14-6-9/h4-6H,1-3H3. The van der Waals surface area contributed by atoms with Gasteiger partial charge in [-0.2, -0.15) is 0 Å². The minimum absolute atomic E-state index is 0.389. The molecule has 0 atom stereocenters. The van der Waals surface area contributed by atoms with Gasteiger partial charge in [0.1, 0.15) is 5.69 Å². The number of hydrogen-bond donors (Lipinski definition) is 0. The number of aryl methyl sites for hydroxylation is 2. The second kappa shape index (κ2) is 4.67. The third-order valence-electron chi connectivity index (χ3n) is 2.48. The van der Waals surface area contributed by atoms with Crippen molar-refractivity contribution >= 4 is 11.6 Å². The molecule has 2 heterocycles. The Morgan fingerprint density at radius 2 is 1.82 bits per heavy atom. The molecule has 0 aromatic carbocycles. The Bertz CT molecular complexity index is 540. The predicted octanol–water partition coefficient (Wildman–Crippen LogP) is 2.82. The van der Waals surface area contributed by atoms with E-state index in [1.54, 1.807) is 19.4 Å². The molecule has 0 aliphatic rings. The van der Waals surface area contributed by atoms with Crippen LogP contribution >= 0.6 is 11.6 Å². The molecule has 88 valence electrons. The zero-order chi connectivity index (χ0) is 12.4. The molecule has 0 aliphatic carbocycles. The summed E-state index contributed by atoms with van der Waals surface area (Å²) in [6.07, 6.45) is 1.67. The number of halogens is 1. The summed E-state index contributed by atoms with van der Waals surface area (Å²) in [4.78, 5) is 12.8. The van der Waals surface area contributed by atoms with E-state index in [1.807, 2.05) is 19.9 Å². The normalized spacial score (nSPS) is 10.4. The maximum absolute atomic E-state index is 6.08. The van der Waals surface area contributed by atoms with Gasteiger partial charge in [-0.15, -0.1) is 0 Å². The Hall–Kier alpha value is -1.68. The molecular weight excluding hydrogens is 238 g/mol. The molecule has 0 fully saturated rings. The minimum atomic E-state index is 0.389. The van der Waals surface area contributed by atoms with Crippen LogP contribution in [-0.2, 0) is 0 Å². The number of nitrogens with zero attached hydrogens (tertiary/aromatic N) is 3. The maximum Gasteiger partial charge on any atom is 0.212 e. The van der Waals surface area contributed by atoms with Crippen LogP contribution in [-0.4, -0.2) is 22.1 Å². The Kier molecular flexibility index (Phi) is 3.24. The fourth-order valence-corrected chi connectivity index (χ4v) is 1.68. The van der Waals surface area contributed by atoms with Gasteiger partial charge in [0, 0.05) is 17.8 Å². The average molecular weight is 250 g/mol. The van der Waals surface area contributed by atoms with E-state index in [4.69, 9.17) is 16.3 Å². The minimum Gasteiger partial charge on any atom is -0.481 e. The third kappa shape index (κ3) is 2.36. The van der Waals surface area contributed by atoms with Crippen molar-refractivity contribution in [1.29, 1.82) is 0 Å². The third-order valence-corrected chi connectivity index (χ3v) is 2.75. The van der Waals surface area contributed by atoms with E-state index < -0.39 is 0 Å². The topological polar surface area (TPSA) is 47.9 Å². The molecule has 0 unspecified atom stereocenters. The first-order valence-corrected chi connectivity index (χ1v) is 5.50. The van der Waals surface area contributed by atoms with Gasteiger partial charge in [0.2, 0.25) is 5.88 Å². The van der Waals surface area contributed by atoms with Crippen LogP contribution in [0.5, 0.6) is 5.88 Å². The molecule has 0 N–H and O–H groups in total. The van der Waals surface area contributed by atoms with Crippen LogP contribution in [0.25, 0.3) is 11.3 Å². The number of aromatic nitrogens is 3. The number of rotatable bonds is 2. The number of ether oxygens (including phenoxy) is 1. The summed E-state index contributed by atoms with van der Waals surface area (Å²) in [6, 6.07) is 3.62. The van der Waals surface area contributed by atoms with Crippen LogP contribution in [0.1, 0.15) is 11.4 Å². The lowest BCUT2D eigenvalue weighted by atomic mass is 10.2. The molecule has 0 radical (unpaired) electrons. The quantitative estimate of drug-likeness (QED) is 0.821. The number of methoxy groups -OCH3 is 1. The molecule has 0 bridgehead atoms. The Morgan fingerprint density at radius 3 is 2.41 bits per heavy atom. The summed E-state index contributed by atoms with van der Waals surface area (Å²) < 4.78 is 5.00. The first kappa shape index (κ1) is 11.8. The summed E-state index contributed by atoms with van der Waals surface area (Å²) in [6.45, 7) is 3.78. The molecule has 4 nitrogen and oxygen atoms in total. The highest BCUT2D eigenvalue weighted by Gasteiger charge is 2.09. The molecule has 0 aliphatic heterocycles. The second-order valence-electron chi connectivity index (χ2n) is 3.62. The van der Waals surface area contributed by atoms with Gasteiger partial charge in [-0.3, -0.25) is 0 Å². The largest absolute Gasteiger partial charge is 0.481 e. The van der Waals surface area contributed by atoms with Crippen molar-refractivity contribution in [3.8, 4) is 17.1 Å². The van der Waals surface area contributed by atoms with E-state index in [2.05, 4.69) is 15.0 Å². The van der Waals surface area contributed by atoms with Gasteiger partial charge < -0.3 is 4.74 Å². The van der Waals surface area contributed by atoms with Crippen LogP contribution < -0.4 is 4.74 Å². The molecular formula is C12H12ClN3O. The monoisotopic (exact) mass is 249 g/mol. The lowest BCUT2D eigenvalue weighted by molar-refractivity contribution is 0.398. The van der Waals surface area contributed by atoms with Crippen LogP contribution in [0.3, 0.4) is 0 Å². The van der Waals surface area contributed by atoms with Crippen LogP contribution in [0, 0.1) is 13.8 Å². The Labute approximate surface area is 105 Å². The van der Waals surface area contributed by atoms with Crippen molar-refractivity contribution < 1.29 is 4.74 Å². The fraction of sp³-hybridized carbons (Fsp3) is 0.250. The van der Waals surface area contributed by atoms with Gasteiger partial charge in [-0.25, -0.2) is 15.0 Å². The SMILES string of the molecule is COc1ccc(-c2nc(C)c(C)nc2Cl)cn1. The lowest BCUT2D eigenvalue weighted by Crippen LogP contribution is -1.97. The molecule has 17 heavy (non-hydrogen) atoms. The van der Waals surface area contributed by atoms with Crippen LogP contribution in [0.2, 0.25) is 5.15 Å². The van der Waals surface area contributed by atoms with Crippen molar-refractivity contribution in [3.05, 3.63) is 34.9 Å². The zero-order valence-electron chi connectivity index (χ0n) is 9.86. The highest BCUT2D eigenvalue weighted by atomic mass is 35.5. The summed E-state index contributed by atoms with van der Waals surface area (Å²) >= 11 is 6.08. The summed E-state index contributed by atoms with van der Waals surface area (Å²) in [7, 11) is 1.57. The van der Waals surface area contributed by atoms with Gasteiger partial charge >= 0.3 is 0 Å². The number of hydrogen-bond acceptors (Lipinski definition) is 4. The average Bonchev–Trinajstić information content (AvgIpc) is 2.34. The van der Waals surface area contributed by atoms with Crippen molar-refractivity contribution in [2.45, 2.75) is 13.8 Å². The fourth-order valence-electron chi connectivity index (χ4n) is 1.40. The predicted molar refractivity (Wildman–Crippen MR) is 66.3 cm³/mol. The first-order valence-electron chi connectivity index (χ1n) is 5.13. The van der Waals surface area contributed by atoms with Gasteiger partial charge in [-0.05, 0) is 19.9 Å². The van der Waals surface area contributed by atoms with Gasteiger partial charge in [0.05, 0.1) is 18.5 Å². The highest BCUT2D eigenvalue weighted by Crippen LogP contribution is 2.25. The molecule has 0 saturated heterocycles. The summed E-state index contributed by atoms with van der Waals surface area (Å²) in [5.41, 5.74) is 3.16. The maximum atomic E-state index is 6.08. The molecule has 2 aromatic rings. The van der Waals surface area contributed by atoms with Crippen molar-refractivity contribution in [1.82, 2.24) is 15.0 Å². The van der Waals surface area contributed by atoms with E-state index in [9.17, 15) is 0 Å². The smallest absolute Gasteiger partial charge is 0.212 e. The molecule has 0 amide bonds. The molecule has 0 spiro atoms. The summed E-state index contributed by atoms with van der Waals surface area (Å²) in [5, 5.41) is 0.389.